The summed E-state index contributed by atoms with van der Waals surface area (Å²) in [5.74, 6) is -0.345. The molecule has 0 fully saturated rings. The fourth-order valence-corrected chi connectivity index (χ4v) is 4.60. The molecular formula is C27H28O3. The highest BCUT2D eigenvalue weighted by molar-refractivity contribution is 5.92. The Morgan fingerprint density at radius 2 is 1.47 bits per heavy atom. The first kappa shape index (κ1) is 20.4. The molecule has 3 aromatic rings. The molecule has 4 rings (SSSR count). The van der Waals surface area contributed by atoms with Crippen molar-refractivity contribution >= 4 is 5.97 Å². The van der Waals surface area contributed by atoms with Crippen LogP contribution in [0.4, 0.5) is 0 Å². The van der Waals surface area contributed by atoms with Crippen molar-refractivity contribution in [3.05, 3.63) is 93.0 Å². The van der Waals surface area contributed by atoms with Crippen LogP contribution < -0.4 is 0 Å². The molecule has 1 unspecified atom stereocenters. The Bertz CT molecular complexity index is 1140. The Morgan fingerprint density at radius 3 is 2.13 bits per heavy atom. The van der Waals surface area contributed by atoms with Crippen LogP contribution in [-0.2, 0) is 15.1 Å². The van der Waals surface area contributed by atoms with Crippen LogP contribution in [0, 0.1) is 34.6 Å². The van der Waals surface area contributed by atoms with E-state index in [4.69, 9.17) is 9.47 Å². The summed E-state index contributed by atoms with van der Waals surface area (Å²) in [6.07, 6.45) is 0. The van der Waals surface area contributed by atoms with Crippen molar-refractivity contribution < 1.29 is 14.3 Å². The van der Waals surface area contributed by atoms with Crippen molar-refractivity contribution in [3.8, 4) is 11.1 Å². The van der Waals surface area contributed by atoms with Crippen LogP contribution >= 0.6 is 0 Å². The number of carbonyl (C=O) groups is 1. The van der Waals surface area contributed by atoms with Crippen LogP contribution in [0.5, 0.6) is 0 Å². The third-order valence-corrected chi connectivity index (χ3v) is 6.55. The monoisotopic (exact) mass is 400 g/mol. The molecule has 0 N–H and O–H groups in total. The van der Waals surface area contributed by atoms with Crippen LogP contribution in [0.15, 0.2) is 48.5 Å². The van der Waals surface area contributed by atoms with Crippen LogP contribution in [0.3, 0.4) is 0 Å². The van der Waals surface area contributed by atoms with Gasteiger partial charge in [-0.3, -0.25) is 0 Å². The number of aryl methyl sites for hydroxylation is 3. The number of fused-ring (bicyclic) bond motifs is 3. The lowest BCUT2D eigenvalue weighted by molar-refractivity contribution is -0.0360. The SMILES string of the molecule is COCC1(OC(=O)c2ccccc2)c2cc(C)c(C)cc2-c2cc(C)c(C)c(C)c21. The smallest absolute Gasteiger partial charge is 0.339 e. The number of methoxy groups -OCH3 is 1. The van der Waals surface area contributed by atoms with Gasteiger partial charge in [0.1, 0.15) is 0 Å². The van der Waals surface area contributed by atoms with E-state index in [0.29, 0.717) is 5.56 Å². The van der Waals surface area contributed by atoms with Gasteiger partial charge in [-0.15, -0.1) is 0 Å². The molecule has 1 aliphatic carbocycles. The Morgan fingerprint density at radius 1 is 0.833 bits per heavy atom. The second-order valence-electron chi connectivity index (χ2n) is 8.36. The normalized spacial score (nSPS) is 16.9. The first-order valence-electron chi connectivity index (χ1n) is 10.3. The highest BCUT2D eigenvalue weighted by Crippen LogP contribution is 2.53. The van der Waals surface area contributed by atoms with Gasteiger partial charge < -0.3 is 9.47 Å². The molecule has 0 bridgehead atoms. The van der Waals surface area contributed by atoms with Crippen LogP contribution in [0.2, 0.25) is 0 Å². The molecule has 30 heavy (non-hydrogen) atoms. The van der Waals surface area contributed by atoms with Crippen molar-refractivity contribution in [1.29, 1.82) is 0 Å². The zero-order chi connectivity index (χ0) is 21.6. The second-order valence-corrected chi connectivity index (χ2v) is 8.36. The zero-order valence-corrected chi connectivity index (χ0v) is 18.6. The summed E-state index contributed by atoms with van der Waals surface area (Å²) >= 11 is 0. The molecule has 1 atom stereocenters. The molecule has 0 aromatic heterocycles. The summed E-state index contributed by atoms with van der Waals surface area (Å²) in [5.41, 5.74) is 9.84. The predicted octanol–water partition coefficient (Wildman–Crippen LogP) is 5.96. The summed E-state index contributed by atoms with van der Waals surface area (Å²) in [7, 11) is 1.66. The van der Waals surface area contributed by atoms with Gasteiger partial charge in [0.25, 0.3) is 0 Å². The first-order valence-corrected chi connectivity index (χ1v) is 10.3. The molecular weight excluding hydrogens is 372 g/mol. The predicted molar refractivity (Wildman–Crippen MR) is 120 cm³/mol. The van der Waals surface area contributed by atoms with Gasteiger partial charge in [-0.1, -0.05) is 36.4 Å². The third kappa shape index (κ3) is 2.96. The molecule has 0 amide bonds. The van der Waals surface area contributed by atoms with Crippen LogP contribution in [-0.4, -0.2) is 19.7 Å². The maximum absolute atomic E-state index is 13.2. The minimum absolute atomic E-state index is 0.261. The van der Waals surface area contributed by atoms with Gasteiger partial charge in [0.2, 0.25) is 0 Å². The minimum Gasteiger partial charge on any atom is -0.443 e. The second kappa shape index (κ2) is 7.41. The van der Waals surface area contributed by atoms with Crippen LogP contribution in [0.1, 0.15) is 49.3 Å². The number of carbonyl (C=O) groups excluding carboxylic acids is 1. The highest BCUT2D eigenvalue weighted by Gasteiger charge is 2.49. The minimum atomic E-state index is -0.979. The van der Waals surface area contributed by atoms with E-state index in [9.17, 15) is 4.79 Å². The number of ether oxygens (including phenoxy) is 2. The lowest BCUT2D eigenvalue weighted by Crippen LogP contribution is -2.37. The maximum Gasteiger partial charge on any atom is 0.339 e. The quantitative estimate of drug-likeness (QED) is 0.507. The molecule has 0 saturated carbocycles. The molecule has 0 saturated heterocycles. The molecule has 0 spiro atoms. The van der Waals surface area contributed by atoms with Crippen molar-refractivity contribution in [2.75, 3.05) is 13.7 Å². The third-order valence-electron chi connectivity index (χ3n) is 6.55. The summed E-state index contributed by atoms with van der Waals surface area (Å²) < 4.78 is 12.1. The number of esters is 1. The van der Waals surface area contributed by atoms with Crippen molar-refractivity contribution in [1.82, 2.24) is 0 Å². The molecule has 3 nitrogen and oxygen atoms in total. The zero-order valence-electron chi connectivity index (χ0n) is 18.6. The van der Waals surface area contributed by atoms with E-state index in [-0.39, 0.29) is 12.6 Å². The van der Waals surface area contributed by atoms with Gasteiger partial charge in [-0.2, -0.15) is 0 Å². The Labute approximate surface area is 178 Å². The maximum atomic E-state index is 13.2. The Balaban J connectivity index is 2.02. The number of benzene rings is 3. The number of hydrogen-bond donors (Lipinski definition) is 0. The topological polar surface area (TPSA) is 35.5 Å². The fraction of sp³-hybridized carbons (Fsp3) is 0.296. The van der Waals surface area contributed by atoms with E-state index in [2.05, 4.69) is 52.8 Å². The lowest BCUT2D eigenvalue weighted by atomic mass is 9.85. The lowest BCUT2D eigenvalue weighted by Gasteiger charge is -2.33. The largest absolute Gasteiger partial charge is 0.443 e. The summed E-state index contributed by atoms with van der Waals surface area (Å²) in [4.78, 5) is 13.2. The molecule has 0 radical (unpaired) electrons. The summed E-state index contributed by atoms with van der Waals surface area (Å²) in [5, 5.41) is 0. The van der Waals surface area contributed by atoms with Crippen molar-refractivity contribution in [2.45, 2.75) is 40.2 Å². The van der Waals surface area contributed by atoms with Crippen LogP contribution in [0.25, 0.3) is 11.1 Å². The molecule has 0 aliphatic heterocycles. The van der Waals surface area contributed by atoms with Gasteiger partial charge in [0.05, 0.1) is 12.2 Å². The fourth-order valence-electron chi connectivity index (χ4n) is 4.60. The van der Waals surface area contributed by atoms with Crippen molar-refractivity contribution in [3.63, 3.8) is 0 Å². The Kier molecular flexibility index (Phi) is 5.03. The average molecular weight is 401 g/mol. The van der Waals surface area contributed by atoms with Crippen molar-refractivity contribution in [2.24, 2.45) is 0 Å². The van der Waals surface area contributed by atoms with Gasteiger partial charge in [-0.05, 0) is 85.7 Å². The van der Waals surface area contributed by atoms with Gasteiger partial charge in [-0.25, -0.2) is 4.79 Å². The van der Waals surface area contributed by atoms with E-state index >= 15 is 0 Å². The first-order chi connectivity index (χ1) is 14.3. The van der Waals surface area contributed by atoms with Gasteiger partial charge >= 0.3 is 5.97 Å². The van der Waals surface area contributed by atoms with Gasteiger partial charge in [0.15, 0.2) is 5.60 Å². The molecule has 3 heteroatoms. The number of rotatable bonds is 4. The van der Waals surface area contributed by atoms with E-state index in [1.54, 1.807) is 19.2 Å². The molecule has 0 heterocycles. The standard InChI is InChI=1S/C27H28O3/c1-16-12-22-23-13-18(3)19(4)20(5)25(23)27(15-29-6,24(22)14-17(16)2)30-26(28)21-10-8-7-9-11-21/h7-14H,15H2,1-6H3. The van der Waals surface area contributed by atoms with E-state index < -0.39 is 5.60 Å². The van der Waals surface area contributed by atoms with E-state index in [1.807, 2.05) is 18.2 Å². The number of hydrogen-bond acceptors (Lipinski definition) is 3. The highest BCUT2D eigenvalue weighted by atomic mass is 16.6. The van der Waals surface area contributed by atoms with Gasteiger partial charge in [0, 0.05) is 18.2 Å². The summed E-state index contributed by atoms with van der Waals surface area (Å²) in [6, 6.07) is 15.8. The average Bonchev–Trinajstić information content (AvgIpc) is 2.96. The summed E-state index contributed by atoms with van der Waals surface area (Å²) in [6.45, 7) is 10.9. The molecule has 154 valence electrons. The Hall–Kier alpha value is -2.91. The molecule has 1 aliphatic rings. The van der Waals surface area contributed by atoms with E-state index in [1.165, 1.54) is 22.3 Å². The molecule has 3 aromatic carbocycles. The van der Waals surface area contributed by atoms with E-state index in [0.717, 1.165) is 27.8 Å².